The van der Waals surface area contributed by atoms with Gasteiger partial charge in [-0.25, -0.2) is 4.79 Å². The fourth-order valence-electron chi connectivity index (χ4n) is 0.233. The summed E-state index contributed by atoms with van der Waals surface area (Å²) in [6, 6.07) is 0. The van der Waals surface area contributed by atoms with E-state index in [4.69, 9.17) is 0 Å². The summed E-state index contributed by atoms with van der Waals surface area (Å²) < 4.78 is 4.31. The molecule has 0 aliphatic carbocycles. The van der Waals surface area contributed by atoms with Crippen molar-refractivity contribution in [2.75, 3.05) is 6.61 Å². The molecule has 0 heterocycles. The minimum atomic E-state index is -0.757. The van der Waals surface area contributed by atoms with Crippen LogP contribution in [0.3, 0.4) is 0 Å². The summed E-state index contributed by atoms with van der Waals surface area (Å²) in [5, 5.41) is 0. The van der Waals surface area contributed by atoms with Crippen LogP contribution in [0.5, 0.6) is 0 Å². The summed E-state index contributed by atoms with van der Waals surface area (Å²) in [7, 11) is 0. The Bertz CT molecular complexity index is 106. The van der Waals surface area contributed by atoms with Gasteiger partial charge in [0.1, 0.15) is 0 Å². The Kier molecular flexibility index (Phi) is 2.84. The van der Waals surface area contributed by atoms with E-state index in [2.05, 4.69) is 4.74 Å². The van der Waals surface area contributed by atoms with Gasteiger partial charge in [0.15, 0.2) is 0 Å². The van der Waals surface area contributed by atoms with Crippen LogP contribution in [0.25, 0.3) is 0 Å². The predicted octanol–water partition coefficient (Wildman–Crippen LogP) is 0.139. The van der Waals surface area contributed by atoms with Crippen LogP contribution in [0.1, 0.15) is 13.8 Å². The van der Waals surface area contributed by atoms with Crippen LogP contribution in [0.4, 0.5) is 0 Å². The Labute approximate surface area is 47.6 Å². The third kappa shape index (κ3) is 2.34. The predicted molar refractivity (Wildman–Crippen MR) is 27.3 cm³/mol. The molecule has 0 radical (unpaired) electrons. The van der Waals surface area contributed by atoms with E-state index in [-0.39, 0.29) is 6.61 Å². The summed E-state index contributed by atoms with van der Waals surface area (Å²) in [5.74, 6) is -1.31. The standard InChI is InChI=1S/C5H8O3/c1-3-8-5(7)4(2)6/h3H2,1-2H3/i5+1. The highest BCUT2D eigenvalue weighted by molar-refractivity contribution is 6.32. The van der Waals surface area contributed by atoms with Crippen LogP contribution in [0.2, 0.25) is 0 Å². The smallest absolute Gasteiger partial charge is 0.374 e. The van der Waals surface area contributed by atoms with Gasteiger partial charge in [-0.2, -0.15) is 0 Å². The van der Waals surface area contributed by atoms with Crippen LogP contribution in [0, 0.1) is 0 Å². The summed E-state index contributed by atoms with van der Waals surface area (Å²) in [6.07, 6.45) is 0. The van der Waals surface area contributed by atoms with Gasteiger partial charge in [-0.05, 0) is 6.92 Å². The molecule has 0 amide bonds. The third-order valence-corrected chi connectivity index (χ3v) is 0.563. The van der Waals surface area contributed by atoms with Crippen molar-refractivity contribution in [1.29, 1.82) is 0 Å². The fourth-order valence-corrected chi connectivity index (χ4v) is 0.233. The third-order valence-electron chi connectivity index (χ3n) is 0.563. The lowest BCUT2D eigenvalue weighted by Gasteiger charge is -1.93. The molecule has 0 saturated carbocycles. The van der Waals surface area contributed by atoms with Crippen molar-refractivity contribution in [3.63, 3.8) is 0 Å². The molecule has 0 aromatic heterocycles. The summed E-state index contributed by atoms with van der Waals surface area (Å²) in [6.45, 7) is 3.09. The number of ketones is 1. The average Bonchev–Trinajstić information content (AvgIpc) is 1.67. The Balaban J connectivity index is 3.49. The lowest BCUT2D eigenvalue weighted by atomic mass is 10.7. The van der Waals surface area contributed by atoms with Gasteiger partial charge in [-0.3, -0.25) is 4.79 Å². The molecule has 46 valence electrons. The molecular formula is C5H8O3. The molecule has 0 aromatic carbocycles. The van der Waals surface area contributed by atoms with Gasteiger partial charge in [-0.1, -0.05) is 0 Å². The van der Waals surface area contributed by atoms with Crippen LogP contribution in [0.15, 0.2) is 0 Å². The van der Waals surface area contributed by atoms with Crippen molar-refractivity contribution in [3.05, 3.63) is 0 Å². The molecule has 0 fully saturated rings. The molecule has 0 saturated heterocycles. The van der Waals surface area contributed by atoms with Gasteiger partial charge in [0.25, 0.3) is 0 Å². The first-order valence-electron chi connectivity index (χ1n) is 2.36. The largest absolute Gasteiger partial charge is 0.460 e. The van der Waals surface area contributed by atoms with E-state index in [1.165, 1.54) is 6.92 Å². The molecule has 0 bridgehead atoms. The molecule has 0 N–H and O–H groups in total. The number of carbonyl (C=O) groups is 2. The number of carbonyl (C=O) groups excluding carboxylic acids is 2. The van der Waals surface area contributed by atoms with Crippen molar-refractivity contribution >= 4 is 11.8 Å². The zero-order chi connectivity index (χ0) is 6.57. The minimum Gasteiger partial charge on any atom is -0.460 e. The van der Waals surface area contributed by atoms with Crippen LogP contribution in [-0.2, 0) is 14.3 Å². The van der Waals surface area contributed by atoms with E-state index in [0.717, 1.165) is 0 Å². The zero-order valence-electron chi connectivity index (χ0n) is 4.93. The molecule has 0 unspecified atom stereocenters. The number of ether oxygens (including phenoxy) is 1. The summed E-state index contributed by atoms with van der Waals surface area (Å²) in [5.41, 5.74) is 0. The van der Waals surface area contributed by atoms with Crippen molar-refractivity contribution < 1.29 is 14.3 Å². The summed E-state index contributed by atoms with van der Waals surface area (Å²) in [4.78, 5) is 20.2. The molecule has 0 aliphatic heterocycles. The van der Waals surface area contributed by atoms with Crippen LogP contribution >= 0.6 is 0 Å². The van der Waals surface area contributed by atoms with Gasteiger partial charge >= 0.3 is 5.97 Å². The van der Waals surface area contributed by atoms with E-state index < -0.39 is 11.8 Å². The van der Waals surface area contributed by atoms with E-state index in [1.807, 2.05) is 0 Å². The normalized spacial score (nSPS) is 8.25. The molecule has 3 heteroatoms. The van der Waals surface area contributed by atoms with Gasteiger partial charge in [0.05, 0.1) is 6.61 Å². The van der Waals surface area contributed by atoms with Crippen molar-refractivity contribution in [3.8, 4) is 0 Å². The number of esters is 1. The van der Waals surface area contributed by atoms with Crippen molar-refractivity contribution in [2.45, 2.75) is 13.8 Å². The highest BCUT2D eigenvalue weighted by Crippen LogP contribution is 1.77. The first-order valence-corrected chi connectivity index (χ1v) is 2.36. The lowest BCUT2D eigenvalue weighted by Crippen LogP contribution is -2.12. The number of rotatable bonds is 2. The molecule has 8 heavy (non-hydrogen) atoms. The van der Waals surface area contributed by atoms with Crippen molar-refractivity contribution in [2.24, 2.45) is 0 Å². The first kappa shape index (κ1) is 7.14. The van der Waals surface area contributed by atoms with Gasteiger partial charge in [0, 0.05) is 6.92 Å². The van der Waals surface area contributed by atoms with Gasteiger partial charge in [-0.15, -0.1) is 0 Å². The van der Waals surface area contributed by atoms with E-state index in [1.54, 1.807) is 6.92 Å². The SMILES string of the molecule is CCO[13C](=O)C(C)=O. The number of hydrogen-bond acceptors (Lipinski definition) is 3. The summed E-state index contributed by atoms with van der Waals surface area (Å²) >= 11 is 0. The lowest BCUT2D eigenvalue weighted by molar-refractivity contribution is -0.152. The quantitative estimate of drug-likeness (QED) is 0.293. The Morgan fingerprint density at radius 1 is 1.50 bits per heavy atom. The van der Waals surface area contributed by atoms with E-state index in [0.29, 0.717) is 0 Å². The Hall–Kier alpha value is -0.860. The highest BCUT2D eigenvalue weighted by Gasteiger charge is 2.05. The molecule has 0 atom stereocenters. The maximum absolute atomic E-state index is 10.2. The maximum atomic E-state index is 10.2. The van der Waals surface area contributed by atoms with Gasteiger partial charge < -0.3 is 4.74 Å². The van der Waals surface area contributed by atoms with Gasteiger partial charge in [0.2, 0.25) is 5.78 Å². The van der Waals surface area contributed by atoms with Crippen LogP contribution < -0.4 is 0 Å². The van der Waals surface area contributed by atoms with E-state index >= 15 is 0 Å². The second kappa shape index (κ2) is 3.18. The molecule has 0 aromatic rings. The second-order valence-corrected chi connectivity index (χ2v) is 1.28. The molecule has 0 aliphatic rings. The zero-order valence-corrected chi connectivity index (χ0v) is 4.93. The maximum Gasteiger partial charge on any atom is 0.374 e. The molecule has 0 rings (SSSR count). The Morgan fingerprint density at radius 2 is 2.00 bits per heavy atom. The molecule has 3 nitrogen and oxygen atoms in total. The van der Waals surface area contributed by atoms with E-state index in [9.17, 15) is 9.59 Å². The van der Waals surface area contributed by atoms with Crippen LogP contribution in [-0.4, -0.2) is 18.4 Å². The average molecular weight is 117 g/mol. The topological polar surface area (TPSA) is 43.4 Å². The highest BCUT2D eigenvalue weighted by atomic mass is 16.6. The first-order chi connectivity index (χ1) is 3.68. The molecular weight excluding hydrogens is 109 g/mol. The fraction of sp³-hybridized carbons (Fsp3) is 0.600. The number of Topliss-reactive ketones (excluding diaryl/α,β-unsaturated/α-hetero) is 1. The van der Waals surface area contributed by atoms with Crippen molar-refractivity contribution in [1.82, 2.24) is 0 Å². The molecule has 0 spiro atoms. The Morgan fingerprint density at radius 3 is 2.12 bits per heavy atom. The number of hydrogen-bond donors (Lipinski definition) is 0. The monoisotopic (exact) mass is 117 g/mol. The minimum absolute atomic E-state index is 0.262. The second-order valence-electron chi connectivity index (χ2n) is 1.28.